The van der Waals surface area contributed by atoms with E-state index in [4.69, 9.17) is 9.47 Å². The van der Waals surface area contributed by atoms with Crippen LogP contribution >= 0.6 is 0 Å². The molecule has 0 aromatic heterocycles. The highest BCUT2D eigenvalue weighted by molar-refractivity contribution is 5.37. The molecular weight excluding hydrogens is 324 g/mol. The van der Waals surface area contributed by atoms with E-state index in [1.54, 1.807) is 0 Å². The molecule has 4 heteroatoms. The lowest BCUT2D eigenvalue weighted by atomic mass is 9.80. The van der Waals surface area contributed by atoms with E-state index in [1.165, 1.54) is 63.8 Å². The predicted octanol–water partition coefficient (Wildman–Crippen LogP) is 3.18. The van der Waals surface area contributed by atoms with E-state index in [9.17, 15) is 0 Å². The fraction of sp³-hybridized carbons (Fsp3) is 0.727. The lowest BCUT2D eigenvalue weighted by Gasteiger charge is -2.41. The van der Waals surface area contributed by atoms with E-state index in [0.29, 0.717) is 11.3 Å². The third kappa shape index (κ3) is 3.28. The Bertz CT molecular complexity index is 616. The van der Waals surface area contributed by atoms with Crippen LogP contribution in [0.2, 0.25) is 0 Å². The minimum absolute atomic E-state index is 0.238. The second kappa shape index (κ2) is 7.14. The van der Waals surface area contributed by atoms with E-state index in [2.05, 4.69) is 34.5 Å². The van der Waals surface area contributed by atoms with Gasteiger partial charge in [0.1, 0.15) is 11.9 Å². The van der Waals surface area contributed by atoms with Crippen molar-refractivity contribution in [3.8, 4) is 5.75 Å². The highest BCUT2D eigenvalue weighted by Gasteiger charge is 2.45. The maximum Gasteiger partial charge on any atom is 0.124 e. The molecule has 4 fully saturated rings. The second-order valence-electron chi connectivity index (χ2n) is 8.95. The minimum atomic E-state index is 0.238. The van der Waals surface area contributed by atoms with Crippen molar-refractivity contribution in [1.82, 2.24) is 10.2 Å². The van der Waals surface area contributed by atoms with Crippen molar-refractivity contribution < 1.29 is 9.47 Å². The van der Waals surface area contributed by atoms with Crippen LogP contribution in [-0.4, -0.2) is 56.4 Å². The quantitative estimate of drug-likeness (QED) is 0.898. The number of piperidine rings is 1. The van der Waals surface area contributed by atoms with Crippen LogP contribution in [-0.2, 0) is 4.74 Å². The summed E-state index contributed by atoms with van der Waals surface area (Å²) < 4.78 is 11.8. The number of hydrogen-bond donors (Lipinski definition) is 1. The van der Waals surface area contributed by atoms with Gasteiger partial charge in [0.15, 0.2) is 0 Å². The Morgan fingerprint density at radius 2 is 1.92 bits per heavy atom. The first-order valence-corrected chi connectivity index (χ1v) is 10.6. The molecule has 4 nitrogen and oxygen atoms in total. The van der Waals surface area contributed by atoms with Gasteiger partial charge < -0.3 is 19.7 Å². The van der Waals surface area contributed by atoms with Gasteiger partial charge in [-0.05, 0) is 68.2 Å². The number of hydrogen-bond acceptors (Lipinski definition) is 4. The predicted molar refractivity (Wildman–Crippen MR) is 103 cm³/mol. The third-order valence-corrected chi connectivity index (χ3v) is 7.26. The molecule has 3 aliphatic heterocycles. The van der Waals surface area contributed by atoms with Gasteiger partial charge in [-0.1, -0.05) is 18.2 Å². The lowest BCUT2D eigenvalue weighted by Crippen LogP contribution is -2.52. The van der Waals surface area contributed by atoms with E-state index in [0.717, 1.165) is 31.4 Å². The number of nitrogens with zero attached hydrogens (tertiary/aromatic N) is 1. The van der Waals surface area contributed by atoms with E-state index in [1.807, 2.05) is 0 Å². The molecule has 0 bridgehead atoms. The number of ether oxygens (including phenoxy) is 2. The first kappa shape index (κ1) is 17.0. The number of benzene rings is 1. The maximum atomic E-state index is 6.29. The zero-order valence-corrected chi connectivity index (χ0v) is 15.8. The summed E-state index contributed by atoms with van der Waals surface area (Å²) in [5, 5.41) is 3.49. The molecule has 1 spiro atoms. The summed E-state index contributed by atoms with van der Waals surface area (Å²) in [6.45, 7) is 6.60. The maximum absolute atomic E-state index is 6.29. The SMILES string of the molecule is c1ccc(C2CCN(C3CCC4(CNC4)C3)CC2)c(OC2CCOC2)c1. The van der Waals surface area contributed by atoms with Crippen LogP contribution in [0, 0.1) is 5.41 Å². The molecule has 2 atom stereocenters. The van der Waals surface area contributed by atoms with Gasteiger partial charge in [-0.25, -0.2) is 0 Å². The van der Waals surface area contributed by atoms with Gasteiger partial charge in [0.05, 0.1) is 13.2 Å². The first-order chi connectivity index (χ1) is 12.8. The Kier molecular flexibility index (Phi) is 4.68. The molecule has 1 N–H and O–H groups in total. The van der Waals surface area contributed by atoms with Crippen LogP contribution in [0.1, 0.15) is 50.0 Å². The Hall–Kier alpha value is -1.10. The van der Waals surface area contributed by atoms with Crippen LogP contribution < -0.4 is 10.1 Å². The van der Waals surface area contributed by atoms with Crippen molar-refractivity contribution in [2.75, 3.05) is 39.4 Å². The molecule has 3 heterocycles. The highest BCUT2D eigenvalue weighted by Crippen LogP contribution is 2.44. The summed E-state index contributed by atoms with van der Waals surface area (Å²) in [7, 11) is 0. The van der Waals surface area contributed by atoms with Gasteiger partial charge in [-0.15, -0.1) is 0 Å². The van der Waals surface area contributed by atoms with Crippen molar-refractivity contribution in [3.05, 3.63) is 29.8 Å². The fourth-order valence-corrected chi connectivity index (χ4v) is 5.57. The molecule has 26 heavy (non-hydrogen) atoms. The van der Waals surface area contributed by atoms with Crippen LogP contribution in [0.15, 0.2) is 24.3 Å². The molecule has 5 rings (SSSR count). The number of nitrogens with one attached hydrogen (secondary N) is 1. The Morgan fingerprint density at radius 3 is 2.62 bits per heavy atom. The third-order valence-electron chi connectivity index (χ3n) is 7.26. The van der Waals surface area contributed by atoms with Gasteiger partial charge in [0, 0.05) is 25.6 Å². The van der Waals surface area contributed by atoms with E-state index >= 15 is 0 Å². The molecule has 142 valence electrons. The molecule has 1 saturated carbocycles. The average Bonchev–Trinajstić information content (AvgIpc) is 3.32. The molecule has 1 aromatic rings. The summed E-state index contributed by atoms with van der Waals surface area (Å²) in [5.74, 6) is 1.74. The molecule has 2 unspecified atom stereocenters. The summed E-state index contributed by atoms with van der Waals surface area (Å²) in [6, 6.07) is 9.55. The summed E-state index contributed by atoms with van der Waals surface area (Å²) in [6.07, 6.45) is 8.06. The van der Waals surface area contributed by atoms with Crippen LogP contribution in [0.4, 0.5) is 0 Å². The zero-order chi connectivity index (χ0) is 17.4. The zero-order valence-electron chi connectivity index (χ0n) is 15.8. The lowest BCUT2D eigenvalue weighted by molar-refractivity contribution is 0.118. The van der Waals surface area contributed by atoms with Crippen LogP contribution in [0.5, 0.6) is 5.75 Å². The summed E-state index contributed by atoms with van der Waals surface area (Å²) >= 11 is 0. The van der Waals surface area contributed by atoms with Gasteiger partial charge in [-0.3, -0.25) is 0 Å². The Balaban J connectivity index is 1.20. The molecule has 1 aromatic carbocycles. The van der Waals surface area contributed by atoms with Crippen molar-refractivity contribution in [3.63, 3.8) is 0 Å². The molecule has 3 saturated heterocycles. The van der Waals surface area contributed by atoms with E-state index < -0.39 is 0 Å². The van der Waals surface area contributed by atoms with Gasteiger partial charge >= 0.3 is 0 Å². The smallest absolute Gasteiger partial charge is 0.124 e. The van der Waals surface area contributed by atoms with Crippen LogP contribution in [0.25, 0.3) is 0 Å². The van der Waals surface area contributed by atoms with Crippen molar-refractivity contribution in [2.24, 2.45) is 5.41 Å². The summed E-state index contributed by atoms with van der Waals surface area (Å²) in [5.41, 5.74) is 2.08. The van der Waals surface area contributed by atoms with Crippen molar-refractivity contribution in [1.29, 1.82) is 0 Å². The molecule has 4 aliphatic rings. The first-order valence-electron chi connectivity index (χ1n) is 10.6. The number of para-hydroxylation sites is 1. The van der Waals surface area contributed by atoms with Crippen molar-refractivity contribution in [2.45, 2.75) is 56.6 Å². The molecule has 0 radical (unpaired) electrons. The van der Waals surface area contributed by atoms with Gasteiger partial charge in [0.25, 0.3) is 0 Å². The largest absolute Gasteiger partial charge is 0.488 e. The number of likely N-dealkylation sites (tertiary alicyclic amines) is 1. The van der Waals surface area contributed by atoms with Gasteiger partial charge in [-0.2, -0.15) is 0 Å². The molecule has 1 aliphatic carbocycles. The van der Waals surface area contributed by atoms with Crippen LogP contribution in [0.3, 0.4) is 0 Å². The van der Waals surface area contributed by atoms with Crippen molar-refractivity contribution >= 4 is 0 Å². The monoisotopic (exact) mass is 356 g/mol. The molecule has 0 amide bonds. The van der Waals surface area contributed by atoms with Gasteiger partial charge in [0.2, 0.25) is 0 Å². The topological polar surface area (TPSA) is 33.7 Å². The average molecular weight is 357 g/mol. The minimum Gasteiger partial charge on any atom is -0.488 e. The number of rotatable bonds is 4. The second-order valence-corrected chi connectivity index (χ2v) is 8.95. The highest BCUT2D eigenvalue weighted by atomic mass is 16.5. The Labute approximate surface area is 157 Å². The fourth-order valence-electron chi connectivity index (χ4n) is 5.57. The summed E-state index contributed by atoms with van der Waals surface area (Å²) in [4.78, 5) is 2.79. The van der Waals surface area contributed by atoms with E-state index in [-0.39, 0.29) is 6.10 Å². The standard InChI is InChI=1S/C22H32N2O2/c1-2-4-21(26-19-8-12-25-14-19)20(3-1)17-6-10-24(11-7-17)18-5-9-22(13-18)15-23-16-22/h1-4,17-19,23H,5-16H2. The molecular formula is C22H32N2O2. The normalized spacial score (nSPS) is 32.0. The Morgan fingerprint density at radius 1 is 1.08 bits per heavy atom.